The zero-order valence-electron chi connectivity index (χ0n) is 20.7. The summed E-state index contributed by atoms with van der Waals surface area (Å²) in [6.07, 6.45) is 2.39. The van der Waals surface area contributed by atoms with Gasteiger partial charge in [-0.3, -0.25) is 9.59 Å². The number of fused-ring (bicyclic) bond motifs is 1. The molecule has 1 amide bonds. The van der Waals surface area contributed by atoms with Crippen LogP contribution in [0, 0.1) is 0 Å². The fourth-order valence-corrected chi connectivity index (χ4v) is 5.00. The van der Waals surface area contributed by atoms with Crippen LogP contribution >= 0.6 is 0 Å². The van der Waals surface area contributed by atoms with Gasteiger partial charge in [0.1, 0.15) is 31.0 Å². The number of aliphatic hydroxyl groups is 1. The fourth-order valence-electron chi connectivity index (χ4n) is 5.00. The van der Waals surface area contributed by atoms with E-state index in [0.29, 0.717) is 30.0 Å². The Bertz CT molecular complexity index is 1290. The molecule has 37 heavy (non-hydrogen) atoms. The standard InChI is InChI=1S/C29H30N2O6/c1-2-16-36-22-10-8-20(9-11-22)26-25(27(32)24-19-21-6-3-4-7-23(21)37-24)28(33)29(34)31(26)13-5-12-30-14-17-35-18-15-30/h2-4,6-11,19,26,33H,1,5,12-18H2/p+1/t26-/m0/s1. The Morgan fingerprint density at radius 1 is 1.16 bits per heavy atom. The van der Waals surface area contributed by atoms with Gasteiger partial charge in [-0.1, -0.05) is 43.0 Å². The third kappa shape index (κ3) is 5.16. The Kier molecular flexibility index (Phi) is 7.39. The van der Waals surface area contributed by atoms with Crippen molar-refractivity contribution in [2.75, 3.05) is 46.0 Å². The number of nitrogens with zero attached hydrogens (tertiary/aromatic N) is 1. The largest absolute Gasteiger partial charge is 0.503 e. The van der Waals surface area contributed by atoms with Crippen LogP contribution in [0.25, 0.3) is 11.0 Å². The molecule has 3 heterocycles. The van der Waals surface area contributed by atoms with Gasteiger partial charge in [0.05, 0.1) is 31.4 Å². The van der Waals surface area contributed by atoms with Crippen molar-refractivity contribution in [2.24, 2.45) is 0 Å². The first kappa shape index (κ1) is 24.8. The first-order valence-corrected chi connectivity index (χ1v) is 12.6. The van der Waals surface area contributed by atoms with E-state index in [-0.39, 0.29) is 11.3 Å². The van der Waals surface area contributed by atoms with Gasteiger partial charge in [-0.2, -0.15) is 0 Å². The minimum atomic E-state index is -0.735. The van der Waals surface area contributed by atoms with Gasteiger partial charge in [0.25, 0.3) is 5.91 Å². The van der Waals surface area contributed by atoms with Crippen molar-refractivity contribution in [2.45, 2.75) is 12.5 Å². The molecule has 192 valence electrons. The van der Waals surface area contributed by atoms with Crippen molar-refractivity contribution >= 4 is 22.7 Å². The molecule has 0 aliphatic carbocycles. The molecule has 0 unspecified atom stereocenters. The molecule has 2 aromatic carbocycles. The van der Waals surface area contributed by atoms with Crippen LogP contribution in [-0.4, -0.2) is 67.7 Å². The summed E-state index contributed by atoms with van der Waals surface area (Å²) in [7, 11) is 0. The number of furan rings is 1. The molecule has 8 heteroatoms. The lowest BCUT2D eigenvalue weighted by molar-refractivity contribution is -0.908. The van der Waals surface area contributed by atoms with Crippen molar-refractivity contribution in [3.05, 3.63) is 89.9 Å². The Morgan fingerprint density at radius 3 is 2.65 bits per heavy atom. The molecule has 0 saturated carbocycles. The van der Waals surface area contributed by atoms with E-state index < -0.39 is 23.5 Å². The number of ether oxygens (including phenoxy) is 2. The molecule has 8 nitrogen and oxygen atoms in total. The molecule has 1 fully saturated rings. The van der Waals surface area contributed by atoms with E-state index in [1.54, 1.807) is 35.2 Å². The van der Waals surface area contributed by atoms with E-state index in [2.05, 4.69) is 6.58 Å². The van der Waals surface area contributed by atoms with Gasteiger partial charge in [-0.15, -0.1) is 0 Å². The van der Waals surface area contributed by atoms with Crippen molar-refractivity contribution < 1.29 is 33.5 Å². The van der Waals surface area contributed by atoms with Gasteiger partial charge in [0, 0.05) is 18.4 Å². The maximum atomic E-state index is 13.7. The van der Waals surface area contributed by atoms with E-state index in [1.807, 2.05) is 30.3 Å². The summed E-state index contributed by atoms with van der Waals surface area (Å²) in [6, 6.07) is 15.4. The summed E-state index contributed by atoms with van der Waals surface area (Å²) in [6.45, 7) is 8.65. The smallest absolute Gasteiger partial charge is 0.290 e. The predicted molar refractivity (Wildman–Crippen MR) is 138 cm³/mol. The van der Waals surface area contributed by atoms with Gasteiger partial charge in [-0.25, -0.2) is 0 Å². The number of nitrogens with one attached hydrogen (secondary N) is 1. The van der Waals surface area contributed by atoms with E-state index >= 15 is 0 Å². The van der Waals surface area contributed by atoms with Crippen LogP contribution in [0.3, 0.4) is 0 Å². The number of hydrogen-bond donors (Lipinski definition) is 2. The Morgan fingerprint density at radius 2 is 1.92 bits per heavy atom. The van der Waals surface area contributed by atoms with Crippen molar-refractivity contribution in [1.82, 2.24) is 4.90 Å². The van der Waals surface area contributed by atoms with E-state index in [9.17, 15) is 14.7 Å². The van der Waals surface area contributed by atoms with E-state index in [1.165, 1.54) is 4.90 Å². The number of carbonyl (C=O) groups excluding carboxylic acids is 2. The van der Waals surface area contributed by atoms with Gasteiger partial charge in [0.15, 0.2) is 11.5 Å². The number of rotatable bonds is 10. The third-order valence-electron chi connectivity index (χ3n) is 6.89. The molecule has 2 N–H and O–H groups in total. The zero-order chi connectivity index (χ0) is 25.8. The van der Waals surface area contributed by atoms with Crippen LogP contribution in [0.1, 0.15) is 28.6 Å². The summed E-state index contributed by atoms with van der Waals surface area (Å²) in [4.78, 5) is 30.0. The minimum absolute atomic E-state index is 0.0301. The second kappa shape index (κ2) is 11.0. The van der Waals surface area contributed by atoms with E-state index in [0.717, 1.165) is 44.7 Å². The van der Waals surface area contributed by atoms with Crippen LogP contribution in [0.2, 0.25) is 0 Å². The Balaban J connectivity index is 1.44. The number of amides is 1. The van der Waals surface area contributed by atoms with Crippen molar-refractivity contribution in [3.8, 4) is 5.75 Å². The number of benzene rings is 2. The number of morpholine rings is 1. The monoisotopic (exact) mass is 503 g/mol. The Labute approximate surface area is 215 Å². The van der Waals surface area contributed by atoms with Gasteiger partial charge in [-0.05, 0) is 29.8 Å². The average Bonchev–Trinajstić information content (AvgIpc) is 3.47. The van der Waals surface area contributed by atoms with Crippen LogP contribution in [0.5, 0.6) is 5.75 Å². The van der Waals surface area contributed by atoms with Crippen molar-refractivity contribution in [1.29, 1.82) is 0 Å². The molecule has 2 aliphatic rings. The van der Waals surface area contributed by atoms with Gasteiger partial charge < -0.3 is 28.8 Å². The molecule has 1 aromatic heterocycles. The lowest BCUT2D eigenvalue weighted by Gasteiger charge is -2.28. The molecule has 5 rings (SSSR count). The maximum absolute atomic E-state index is 13.7. The van der Waals surface area contributed by atoms with Crippen LogP contribution < -0.4 is 9.64 Å². The molecule has 1 saturated heterocycles. The highest BCUT2D eigenvalue weighted by molar-refractivity contribution is 6.16. The summed E-state index contributed by atoms with van der Waals surface area (Å²) in [5.41, 5.74) is 1.31. The molecule has 1 atom stereocenters. The predicted octanol–water partition coefficient (Wildman–Crippen LogP) is 2.88. The average molecular weight is 504 g/mol. The fraction of sp³-hybridized carbons (Fsp3) is 0.310. The van der Waals surface area contributed by atoms with Crippen LogP contribution in [0.15, 0.2) is 83.0 Å². The van der Waals surface area contributed by atoms with Gasteiger partial charge in [0.2, 0.25) is 5.78 Å². The minimum Gasteiger partial charge on any atom is -0.503 e. The summed E-state index contributed by atoms with van der Waals surface area (Å²) in [5.74, 6) is -0.838. The topological polar surface area (TPSA) is 93.7 Å². The molecule has 0 spiro atoms. The molecular weight excluding hydrogens is 472 g/mol. The van der Waals surface area contributed by atoms with Crippen LogP contribution in [0.4, 0.5) is 0 Å². The number of quaternary nitrogens is 1. The maximum Gasteiger partial charge on any atom is 0.290 e. The second-order valence-electron chi connectivity index (χ2n) is 9.28. The van der Waals surface area contributed by atoms with Crippen LogP contribution in [-0.2, 0) is 9.53 Å². The summed E-state index contributed by atoms with van der Waals surface area (Å²) < 4.78 is 16.8. The SMILES string of the molecule is C=CCOc1ccc([C@H]2C(C(=O)c3cc4ccccc4o3)=C(O)C(=O)N2CCC[NH+]2CCOCC2)cc1. The highest BCUT2D eigenvalue weighted by Gasteiger charge is 2.44. The molecule has 0 radical (unpaired) electrons. The number of Topliss-reactive ketones (excluding diaryl/α,β-unsaturated/α-hetero) is 1. The summed E-state index contributed by atoms with van der Waals surface area (Å²) >= 11 is 0. The summed E-state index contributed by atoms with van der Waals surface area (Å²) in [5, 5.41) is 11.7. The number of para-hydroxylation sites is 1. The number of hydrogen-bond acceptors (Lipinski definition) is 6. The normalized spacial score (nSPS) is 18.5. The molecule has 0 bridgehead atoms. The molecule has 2 aliphatic heterocycles. The first-order valence-electron chi connectivity index (χ1n) is 12.6. The lowest BCUT2D eigenvalue weighted by Crippen LogP contribution is -3.14. The quantitative estimate of drug-likeness (QED) is 0.327. The highest BCUT2D eigenvalue weighted by atomic mass is 16.5. The highest BCUT2D eigenvalue weighted by Crippen LogP contribution is 2.40. The van der Waals surface area contributed by atoms with E-state index in [4.69, 9.17) is 13.9 Å². The first-order chi connectivity index (χ1) is 18.1. The number of carbonyl (C=O) groups is 2. The number of aliphatic hydroxyl groups excluding tert-OH is 1. The second-order valence-corrected chi connectivity index (χ2v) is 9.28. The Hall–Kier alpha value is -3.88. The third-order valence-corrected chi connectivity index (χ3v) is 6.89. The molecular formula is C29H31N2O6+. The number of ketones is 1. The zero-order valence-corrected chi connectivity index (χ0v) is 20.7. The van der Waals surface area contributed by atoms with Crippen molar-refractivity contribution in [3.63, 3.8) is 0 Å². The lowest BCUT2D eigenvalue weighted by atomic mass is 9.95. The molecule has 3 aromatic rings. The van der Waals surface area contributed by atoms with Gasteiger partial charge >= 0.3 is 0 Å².